The van der Waals surface area contributed by atoms with Gasteiger partial charge in [-0.2, -0.15) is 0 Å². The van der Waals surface area contributed by atoms with Crippen molar-refractivity contribution in [2.75, 3.05) is 26.4 Å². The highest BCUT2D eigenvalue weighted by atomic mass is 19.2. The van der Waals surface area contributed by atoms with Crippen molar-refractivity contribution in [3.63, 3.8) is 0 Å². The Bertz CT molecular complexity index is 2300. The van der Waals surface area contributed by atoms with Gasteiger partial charge < -0.3 is 90.0 Å². The van der Waals surface area contributed by atoms with Gasteiger partial charge in [0, 0.05) is 83.1 Å². The molecule has 4 aliphatic rings. The van der Waals surface area contributed by atoms with Crippen LogP contribution in [0.4, 0.5) is 8.78 Å². The smallest absolute Gasteiger partial charge is 0.303 e. The summed E-state index contributed by atoms with van der Waals surface area (Å²) in [6.45, 7) is 7.59. The van der Waals surface area contributed by atoms with Gasteiger partial charge in [0.2, 0.25) is 6.36 Å². The molecule has 81 heavy (non-hydrogen) atoms. The second-order valence-electron chi connectivity index (χ2n) is 18.2. The van der Waals surface area contributed by atoms with Gasteiger partial charge in [0.05, 0.1) is 0 Å². The second kappa shape index (κ2) is 30.3. The molecule has 4 aliphatic heterocycles. The van der Waals surface area contributed by atoms with Crippen molar-refractivity contribution in [1.29, 1.82) is 0 Å². The summed E-state index contributed by atoms with van der Waals surface area (Å²) in [5.74, 6) is -12.7. The fourth-order valence-corrected chi connectivity index (χ4v) is 8.70. The lowest BCUT2D eigenvalue weighted by atomic mass is 9.94. The largest absolute Gasteiger partial charge is 0.463 e. The highest BCUT2D eigenvalue weighted by Gasteiger charge is 2.61. The first-order valence-electron chi connectivity index (χ1n) is 24.6. The molecule has 456 valence electrons. The number of hydrogen-bond donors (Lipinski definition) is 0. The van der Waals surface area contributed by atoms with Gasteiger partial charge in [-0.15, -0.1) is 0 Å². The summed E-state index contributed by atoms with van der Waals surface area (Å²) in [4.78, 5) is 151. The molecule has 0 amide bonds. The van der Waals surface area contributed by atoms with E-state index in [4.69, 9.17) is 90.0 Å². The molecular formula is C48H64F2O31. The quantitative estimate of drug-likeness (QED) is 0.0932. The first kappa shape index (κ1) is 66.7. The third-order valence-electron chi connectivity index (χ3n) is 11.4. The molecule has 0 aromatic carbocycles. The summed E-state index contributed by atoms with van der Waals surface area (Å²) in [7, 11) is 0. The first-order chi connectivity index (χ1) is 37.9. The molecule has 33 heteroatoms. The van der Waals surface area contributed by atoms with Gasteiger partial charge in [-0.3, -0.25) is 57.5 Å². The van der Waals surface area contributed by atoms with Crippen molar-refractivity contribution in [2.24, 2.45) is 0 Å². The number of esters is 12. The van der Waals surface area contributed by atoms with E-state index in [0.29, 0.717) is 0 Å². The molecule has 0 unspecified atom stereocenters. The van der Waals surface area contributed by atoms with Crippen LogP contribution in [0.2, 0.25) is 0 Å². The van der Waals surface area contributed by atoms with E-state index in [0.717, 1.165) is 83.1 Å². The third-order valence-corrected chi connectivity index (χ3v) is 11.4. The first-order valence-corrected chi connectivity index (χ1v) is 24.6. The molecule has 4 fully saturated rings. The van der Waals surface area contributed by atoms with Crippen LogP contribution in [0, 0.1) is 0 Å². The summed E-state index contributed by atoms with van der Waals surface area (Å²) in [6, 6.07) is 0. The van der Waals surface area contributed by atoms with Crippen molar-refractivity contribution < 1.29 is 156 Å². The maximum absolute atomic E-state index is 16.1. The van der Waals surface area contributed by atoms with Crippen molar-refractivity contribution in [3.05, 3.63) is 0 Å². The van der Waals surface area contributed by atoms with E-state index in [1.54, 1.807) is 0 Å². The molecule has 0 bridgehead atoms. The monoisotopic (exact) mass is 1170 g/mol. The molecule has 0 N–H and O–H groups in total. The van der Waals surface area contributed by atoms with E-state index >= 15 is 8.78 Å². The van der Waals surface area contributed by atoms with Crippen LogP contribution in [-0.2, 0) is 148 Å². The fraction of sp³-hybridized carbons (Fsp3) is 0.750. The Labute approximate surface area is 459 Å². The molecule has 0 aromatic rings. The van der Waals surface area contributed by atoms with Gasteiger partial charge in [0.1, 0.15) is 69.2 Å². The third kappa shape index (κ3) is 19.7. The molecule has 4 saturated heterocycles. The normalized spacial score (nSPS) is 33.6. The van der Waals surface area contributed by atoms with Crippen LogP contribution in [0.15, 0.2) is 0 Å². The number of ether oxygens (including phenoxy) is 19. The van der Waals surface area contributed by atoms with Crippen molar-refractivity contribution >= 4 is 71.6 Å². The predicted octanol–water partition coefficient (Wildman–Crippen LogP) is -0.945. The van der Waals surface area contributed by atoms with Crippen molar-refractivity contribution in [1.82, 2.24) is 0 Å². The maximum atomic E-state index is 16.1. The summed E-state index contributed by atoms with van der Waals surface area (Å²) < 4.78 is 139. The number of halogens is 2. The minimum absolute atomic E-state index is 0.750. The average Bonchev–Trinajstić information content (AvgIpc) is 3.32. The van der Waals surface area contributed by atoms with Gasteiger partial charge in [-0.25, -0.2) is 8.78 Å². The van der Waals surface area contributed by atoms with Crippen LogP contribution >= 0.6 is 0 Å². The number of carbonyl (C=O) groups is 12. The summed E-state index contributed by atoms with van der Waals surface area (Å²) in [5, 5.41) is 0. The van der Waals surface area contributed by atoms with Crippen LogP contribution in [-0.4, -0.2) is 221 Å². The highest BCUT2D eigenvalue weighted by Crippen LogP contribution is 2.40. The number of hydrogen-bond acceptors (Lipinski definition) is 31. The SMILES string of the molecule is CC(=O)OC[C@H]1O[C@@H](O[C@H]2[C@H](OC(C)=O)[C@@H](OC(C)=O)[C@H](O[C@H]3[C@H](OC(C)=O)[C@@H](OC(C)=O)[C@H](O[C@@H]4[C@@H](F)[C@H](F)O[C@H](COC(C)=O)[C@H]4OC(C)=O)O[C@@H]3COC(C)=O)O[C@@H]2COC(C)=O)[C@H](OC(C)=O)[C@@H](OC(C)=O)[C@@H]1OC(C)=O. The zero-order valence-corrected chi connectivity index (χ0v) is 45.8. The van der Waals surface area contributed by atoms with Crippen molar-refractivity contribution in [3.8, 4) is 0 Å². The van der Waals surface area contributed by atoms with Crippen LogP contribution < -0.4 is 0 Å². The van der Waals surface area contributed by atoms with Gasteiger partial charge in [0.25, 0.3) is 0 Å². The van der Waals surface area contributed by atoms with Gasteiger partial charge in [-0.1, -0.05) is 0 Å². The Kier molecular flexibility index (Phi) is 25.0. The predicted molar refractivity (Wildman–Crippen MR) is 246 cm³/mol. The molecule has 0 spiro atoms. The van der Waals surface area contributed by atoms with Crippen molar-refractivity contribution in [2.45, 2.75) is 206 Å². The molecule has 0 radical (unpaired) electrons. The lowest BCUT2D eigenvalue weighted by Crippen LogP contribution is -2.69. The van der Waals surface area contributed by atoms with E-state index in [2.05, 4.69) is 0 Å². The maximum Gasteiger partial charge on any atom is 0.303 e. The minimum atomic E-state index is -2.87. The minimum Gasteiger partial charge on any atom is -0.463 e. The Morgan fingerprint density at radius 1 is 0.272 bits per heavy atom. The molecule has 4 heterocycles. The molecule has 0 aliphatic carbocycles. The lowest BCUT2D eigenvalue weighted by molar-refractivity contribution is -0.386. The molecule has 4 rings (SSSR count). The molecule has 20 atom stereocenters. The molecule has 0 aromatic heterocycles. The van der Waals surface area contributed by atoms with E-state index in [1.165, 1.54) is 0 Å². The topological polar surface area (TPSA) is 380 Å². The van der Waals surface area contributed by atoms with E-state index in [9.17, 15) is 57.5 Å². The second-order valence-corrected chi connectivity index (χ2v) is 18.2. The lowest BCUT2D eigenvalue weighted by Gasteiger charge is -2.50. The number of rotatable bonds is 22. The Morgan fingerprint density at radius 3 is 0.753 bits per heavy atom. The summed E-state index contributed by atoms with van der Waals surface area (Å²) >= 11 is 0. The number of carbonyl (C=O) groups excluding carboxylic acids is 12. The van der Waals surface area contributed by atoms with Gasteiger partial charge in [-0.05, 0) is 0 Å². The van der Waals surface area contributed by atoms with E-state index < -0.39 is 221 Å². The Morgan fingerprint density at radius 2 is 0.481 bits per heavy atom. The summed E-state index contributed by atoms with van der Waals surface area (Å²) in [5.41, 5.74) is 0. The average molecular weight is 1180 g/mol. The zero-order valence-electron chi connectivity index (χ0n) is 45.8. The van der Waals surface area contributed by atoms with Crippen LogP contribution in [0.1, 0.15) is 83.1 Å². The van der Waals surface area contributed by atoms with Gasteiger partial charge >= 0.3 is 71.6 Å². The van der Waals surface area contributed by atoms with E-state index in [-0.39, 0.29) is 0 Å². The standard InChI is InChI=1S/C48H64F2O31/c1-17(51)63-13-29-34(67-21(5)55)38(33(49)45(50)75-29)81-48-44(74-28(12)62)41(71-25(9)59)37(32(78-48)16-66-20(4)54)80-47-43(73-27(11)61)40(70-24(8)58)36(31(77-47)15-65-19(3)53)79-46-42(72-26(10)60)39(69-23(7)57)35(68-22(6)56)30(76-46)14-64-18(2)52/h29-48H,13-16H2,1-12H3/t29-,30-,31-,32-,33-,34-,35-,36-,37-,38-,39+,40+,41+,42-,43-,44-,45-,46+,47+,48+/m1/s1. The fourth-order valence-electron chi connectivity index (χ4n) is 8.70. The summed E-state index contributed by atoms with van der Waals surface area (Å²) in [6.07, 6.45) is -41.8. The zero-order chi connectivity index (χ0) is 60.7. The highest BCUT2D eigenvalue weighted by molar-refractivity contribution is 5.71. The molecular weight excluding hydrogens is 1110 g/mol. The van der Waals surface area contributed by atoms with E-state index in [1.807, 2.05) is 0 Å². The Hall–Kier alpha value is -6.78. The van der Waals surface area contributed by atoms with Crippen LogP contribution in [0.3, 0.4) is 0 Å². The molecule has 0 saturated carbocycles. The number of alkyl halides is 2. The Balaban J connectivity index is 1.94. The van der Waals surface area contributed by atoms with Crippen LogP contribution in [0.5, 0.6) is 0 Å². The van der Waals surface area contributed by atoms with Gasteiger partial charge in [0.15, 0.2) is 73.9 Å². The molecule has 31 nitrogen and oxygen atoms in total. The van der Waals surface area contributed by atoms with Crippen LogP contribution in [0.25, 0.3) is 0 Å².